The predicted molar refractivity (Wildman–Crippen MR) is 188 cm³/mol. The summed E-state index contributed by atoms with van der Waals surface area (Å²) in [5.74, 6) is -59.0. The number of halogens is 20. The standard InChI is InChI=1S/C34H26ClF17N2O2S.2ClH/c35-22-6-1-19(2-7-22)25-17-24(10-5-21(25)18-53-12-14-54(15-13-53)23-8-3-20(4-9-23)26(55)56)57-16-11-27(36,37)28(38,39)29(40,41)30(42,43)31(44,45)32(46,47)33(48,49)34(50,51)52;;/h1-10,17H,11-16,18H2,(H,55,56);2*1H. The Bertz CT molecular complexity index is 1890. The van der Waals surface area contributed by atoms with Gasteiger partial charge in [0.05, 0.1) is 5.56 Å². The van der Waals surface area contributed by atoms with Crippen molar-refractivity contribution in [2.75, 3.05) is 36.8 Å². The molecule has 4 nitrogen and oxygen atoms in total. The molecule has 332 valence electrons. The van der Waals surface area contributed by atoms with E-state index in [0.29, 0.717) is 47.9 Å². The van der Waals surface area contributed by atoms with Gasteiger partial charge in [0, 0.05) is 60.5 Å². The van der Waals surface area contributed by atoms with Crippen molar-refractivity contribution in [3.63, 3.8) is 0 Å². The minimum Gasteiger partial charge on any atom is -0.478 e. The van der Waals surface area contributed by atoms with E-state index in [9.17, 15) is 79.4 Å². The van der Waals surface area contributed by atoms with Gasteiger partial charge < -0.3 is 10.0 Å². The fourth-order valence-corrected chi connectivity index (χ4v) is 6.64. The van der Waals surface area contributed by atoms with E-state index in [1.807, 2.05) is 9.80 Å². The molecule has 1 aliphatic rings. The van der Waals surface area contributed by atoms with Crippen LogP contribution >= 0.6 is 48.2 Å². The molecule has 1 heterocycles. The second-order valence-electron chi connectivity index (χ2n) is 12.7. The number of nitrogens with zero attached hydrogens (tertiary/aromatic N) is 2. The fraction of sp³-hybridized carbons (Fsp3) is 0.441. The lowest BCUT2D eigenvalue weighted by Gasteiger charge is -2.42. The maximum absolute atomic E-state index is 14.5. The van der Waals surface area contributed by atoms with Crippen LogP contribution in [0.25, 0.3) is 11.1 Å². The molecule has 59 heavy (non-hydrogen) atoms. The number of carboxylic acid groups (broad SMARTS) is 1. The normalized spacial score (nSPS) is 15.4. The van der Waals surface area contributed by atoms with Crippen molar-refractivity contribution in [2.45, 2.75) is 65.5 Å². The molecule has 0 atom stereocenters. The number of hydrogen-bond acceptors (Lipinski definition) is 4. The highest BCUT2D eigenvalue weighted by molar-refractivity contribution is 7.99. The SMILES string of the molecule is Cl.Cl.O=C(O)c1ccc(N2CCN(Cc3ccc(SCCC(F)(F)C(F)(F)C(F)(F)C(F)(F)C(F)(F)C(F)(F)C(F)(F)C(F)(F)F)cc3-c3ccc(Cl)cc3)CC2)cc1. The molecular weight excluding hydrogens is 930 g/mol. The number of aromatic carboxylic acids is 1. The van der Waals surface area contributed by atoms with Gasteiger partial charge >= 0.3 is 53.6 Å². The Kier molecular flexibility index (Phi) is 16.0. The topological polar surface area (TPSA) is 43.8 Å². The Labute approximate surface area is 344 Å². The monoisotopic (exact) mass is 956 g/mol. The number of carbonyl (C=O) groups is 1. The van der Waals surface area contributed by atoms with Crippen LogP contribution in [0.4, 0.5) is 80.3 Å². The molecule has 3 aromatic rings. The molecule has 4 rings (SSSR count). The van der Waals surface area contributed by atoms with Gasteiger partial charge in [-0.05, 0) is 65.2 Å². The molecule has 0 amide bonds. The third-order valence-corrected chi connectivity index (χ3v) is 10.2. The maximum Gasteiger partial charge on any atom is 0.460 e. The van der Waals surface area contributed by atoms with Gasteiger partial charge in [-0.25, -0.2) is 4.79 Å². The van der Waals surface area contributed by atoms with Crippen LogP contribution in [0.2, 0.25) is 5.02 Å². The average molecular weight is 958 g/mol. The zero-order valence-electron chi connectivity index (χ0n) is 29.1. The quantitative estimate of drug-likeness (QED) is 0.121. The van der Waals surface area contributed by atoms with Crippen LogP contribution in [0, 0.1) is 0 Å². The summed E-state index contributed by atoms with van der Waals surface area (Å²) in [6, 6.07) is 16.4. The van der Waals surface area contributed by atoms with Gasteiger partial charge in [-0.2, -0.15) is 74.6 Å². The lowest BCUT2D eigenvalue weighted by Crippen LogP contribution is -2.74. The molecule has 25 heteroatoms. The van der Waals surface area contributed by atoms with Crippen LogP contribution < -0.4 is 4.90 Å². The van der Waals surface area contributed by atoms with E-state index in [0.717, 1.165) is 5.69 Å². The molecule has 1 N–H and O–H groups in total. The molecule has 1 fully saturated rings. The highest BCUT2D eigenvalue weighted by Gasteiger charge is 2.95. The average Bonchev–Trinajstić information content (AvgIpc) is 3.12. The molecule has 0 spiro atoms. The highest BCUT2D eigenvalue weighted by Crippen LogP contribution is 2.64. The number of piperazine rings is 1. The smallest absolute Gasteiger partial charge is 0.460 e. The molecule has 0 radical (unpaired) electrons. The van der Waals surface area contributed by atoms with Crippen molar-refractivity contribution < 1.29 is 84.5 Å². The van der Waals surface area contributed by atoms with Gasteiger partial charge in [0.25, 0.3) is 0 Å². The van der Waals surface area contributed by atoms with Crippen LogP contribution in [0.3, 0.4) is 0 Å². The van der Waals surface area contributed by atoms with E-state index in [1.165, 1.54) is 42.5 Å². The number of benzene rings is 3. The minimum absolute atomic E-state index is 0. The van der Waals surface area contributed by atoms with E-state index in [2.05, 4.69) is 0 Å². The summed E-state index contributed by atoms with van der Waals surface area (Å²) in [6.07, 6.45) is -10.4. The largest absolute Gasteiger partial charge is 0.478 e. The maximum atomic E-state index is 14.5. The van der Waals surface area contributed by atoms with Crippen molar-refractivity contribution in [3.05, 3.63) is 82.9 Å². The Morgan fingerprint density at radius 3 is 1.58 bits per heavy atom. The van der Waals surface area contributed by atoms with Crippen LogP contribution in [0.1, 0.15) is 22.3 Å². The molecule has 1 saturated heterocycles. The second-order valence-corrected chi connectivity index (χ2v) is 14.3. The summed E-state index contributed by atoms with van der Waals surface area (Å²) in [7, 11) is 0. The zero-order valence-corrected chi connectivity index (χ0v) is 32.3. The van der Waals surface area contributed by atoms with Gasteiger partial charge in [-0.15, -0.1) is 36.6 Å². The van der Waals surface area contributed by atoms with Crippen molar-refractivity contribution in [2.24, 2.45) is 0 Å². The molecule has 0 aromatic heterocycles. The second kappa shape index (κ2) is 18.1. The van der Waals surface area contributed by atoms with Crippen LogP contribution in [0.5, 0.6) is 0 Å². The van der Waals surface area contributed by atoms with Gasteiger partial charge in [-0.3, -0.25) is 4.90 Å². The van der Waals surface area contributed by atoms with Crippen molar-refractivity contribution in [1.82, 2.24) is 4.90 Å². The predicted octanol–water partition coefficient (Wildman–Crippen LogP) is 12.4. The lowest BCUT2D eigenvalue weighted by atomic mass is 9.88. The molecule has 0 aliphatic carbocycles. The third-order valence-electron chi connectivity index (χ3n) is 8.95. The number of rotatable bonds is 15. The van der Waals surface area contributed by atoms with Gasteiger partial charge in [-0.1, -0.05) is 29.8 Å². The molecule has 1 aliphatic heterocycles. The lowest BCUT2D eigenvalue weighted by molar-refractivity contribution is -0.461. The summed E-state index contributed by atoms with van der Waals surface area (Å²) in [6.45, 7) is 2.30. The minimum atomic E-state index is -8.67. The van der Waals surface area contributed by atoms with Crippen LogP contribution in [-0.4, -0.2) is 95.5 Å². The summed E-state index contributed by atoms with van der Waals surface area (Å²) >= 11 is 6.22. The Balaban J connectivity index is 0.00000600. The summed E-state index contributed by atoms with van der Waals surface area (Å²) in [5.41, 5.74) is 2.40. The number of anilines is 1. The summed E-state index contributed by atoms with van der Waals surface area (Å²) < 4.78 is 232. The number of thioether (sulfide) groups is 1. The molecule has 0 bridgehead atoms. The van der Waals surface area contributed by atoms with Crippen molar-refractivity contribution >= 4 is 59.8 Å². The van der Waals surface area contributed by atoms with Gasteiger partial charge in [0.15, 0.2) is 0 Å². The van der Waals surface area contributed by atoms with Crippen molar-refractivity contribution in [3.8, 4) is 11.1 Å². The highest BCUT2D eigenvalue weighted by atomic mass is 35.5. The number of alkyl halides is 17. The van der Waals surface area contributed by atoms with E-state index >= 15 is 0 Å². The molecule has 0 saturated carbocycles. The van der Waals surface area contributed by atoms with Crippen molar-refractivity contribution in [1.29, 1.82) is 0 Å². The fourth-order valence-electron chi connectivity index (χ4n) is 5.55. The van der Waals surface area contributed by atoms with Gasteiger partial charge in [0.2, 0.25) is 0 Å². The van der Waals surface area contributed by atoms with E-state index in [4.69, 9.17) is 16.7 Å². The molecule has 0 unspecified atom stereocenters. The third kappa shape index (κ3) is 9.70. The Morgan fingerprint density at radius 1 is 0.627 bits per heavy atom. The Morgan fingerprint density at radius 2 is 1.10 bits per heavy atom. The first-order valence-corrected chi connectivity index (χ1v) is 17.3. The van der Waals surface area contributed by atoms with E-state index in [1.54, 1.807) is 24.3 Å². The van der Waals surface area contributed by atoms with Crippen LogP contribution in [0.15, 0.2) is 71.6 Å². The first-order valence-electron chi connectivity index (χ1n) is 16.0. The number of carboxylic acids is 1. The first kappa shape index (κ1) is 52.1. The first-order chi connectivity index (χ1) is 25.9. The van der Waals surface area contributed by atoms with E-state index in [-0.39, 0.29) is 53.6 Å². The Hall–Kier alpha value is -3.08. The van der Waals surface area contributed by atoms with Gasteiger partial charge in [0.1, 0.15) is 0 Å². The number of hydrogen-bond donors (Lipinski definition) is 1. The zero-order chi connectivity index (χ0) is 43.2. The molecule has 3 aromatic carbocycles. The molecular formula is C34H28Cl3F17N2O2S. The van der Waals surface area contributed by atoms with E-state index < -0.39 is 65.8 Å². The van der Waals surface area contributed by atoms with Crippen LogP contribution in [-0.2, 0) is 6.54 Å². The summed E-state index contributed by atoms with van der Waals surface area (Å²) in [4.78, 5) is 15.2. The summed E-state index contributed by atoms with van der Waals surface area (Å²) in [5, 5.41) is 9.42.